The minimum atomic E-state index is -1.08. The second-order valence-corrected chi connectivity index (χ2v) is 4.58. The molecule has 0 aliphatic rings. The number of rotatable bonds is 6. The van der Waals surface area contributed by atoms with E-state index in [4.69, 9.17) is 9.84 Å². The zero-order valence-corrected chi connectivity index (χ0v) is 11.1. The van der Waals surface area contributed by atoms with Crippen LogP contribution in [0.3, 0.4) is 0 Å². The average Bonchev–Trinajstić information content (AvgIpc) is 2.89. The number of aromatic nitrogens is 3. The van der Waals surface area contributed by atoms with Gasteiger partial charge in [-0.05, 0) is 30.5 Å². The average molecular weight is 279 g/mol. The zero-order chi connectivity index (χ0) is 13.7. The molecule has 0 aliphatic carbocycles. The topological polar surface area (TPSA) is 77.2 Å². The molecule has 0 bridgehead atoms. The third-order valence-corrected chi connectivity index (χ3v) is 3.15. The monoisotopic (exact) mass is 279 g/mol. The van der Waals surface area contributed by atoms with E-state index in [0.29, 0.717) is 13.2 Å². The van der Waals surface area contributed by atoms with Crippen LogP contribution < -0.4 is 4.74 Å². The van der Waals surface area contributed by atoms with Crippen LogP contribution in [0.15, 0.2) is 35.4 Å². The quantitative estimate of drug-likeness (QED) is 0.812. The molecule has 2 rings (SSSR count). The van der Waals surface area contributed by atoms with Gasteiger partial charge < -0.3 is 9.84 Å². The number of thioether (sulfide) groups is 1. The lowest BCUT2D eigenvalue weighted by atomic mass is 10.3. The van der Waals surface area contributed by atoms with Crippen molar-refractivity contribution in [2.24, 2.45) is 0 Å². The van der Waals surface area contributed by atoms with Gasteiger partial charge in [-0.25, -0.2) is 9.48 Å². The second-order valence-electron chi connectivity index (χ2n) is 3.70. The van der Waals surface area contributed by atoms with Crippen LogP contribution >= 0.6 is 11.8 Å². The Morgan fingerprint density at radius 1 is 1.42 bits per heavy atom. The molecule has 19 heavy (non-hydrogen) atoms. The van der Waals surface area contributed by atoms with Gasteiger partial charge in [-0.3, -0.25) is 0 Å². The minimum Gasteiger partial charge on any atom is -0.492 e. The Balaban J connectivity index is 1.83. The SMILES string of the molecule is CSc1ccc(OCCn2cc(C(=O)O)nn2)cc1. The summed E-state index contributed by atoms with van der Waals surface area (Å²) in [4.78, 5) is 11.8. The number of ether oxygens (including phenoxy) is 1. The van der Waals surface area contributed by atoms with Crippen LogP contribution in [-0.4, -0.2) is 38.9 Å². The van der Waals surface area contributed by atoms with E-state index in [2.05, 4.69) is 10.3 Å². The highest BCUT2D eigenvalue weighted by molar-refractivity contribution is 7.98. The van der Waals surface area contributed by atoms with Gasteiger partial charge in [0, 0.05) is 4.90 Å². The van der Waals surface area contributed by atoms with E-state index in [-0.39, 0.29) is 5.69 Å². The molecule has 0 aliphatic heterocycles. The van der Waals surface area contributed by atoms with E-state index in [1.807, 2.05) is 30.5 Å². The molecule has 0 spiro atoms. The molecule has 0 saturated heterocycles. The lowest BCUT2D eigenvalue weighted by molar-refractivity contribution is 0.0690. The molecule has 6 nitrogen and oxygen atoms in total. The molecule has 100 valence electrons. The highest BCUT2D eigenvalue weighted by Gasteiger charge is 2.07. The Kier molecular flexibility index (Phi) is 4.40. The van der Waals surface area contributed by atoms with Crippen molar-refractivity contribution in [1.29, 1.82) is 0 Å². The van der Waals surface area contributed by atoms with Crippen molar-refractivity contribution in [2.75, 3.05) is 12.9 Å². The molecule has 1 N–H and O–H groups in total. The predicted octanol–water partition coefficient (Wildman–Crippen LogP) is 1.78. The van der Waals surface area contributed by atoms with Gasteiger partial charge in [0.2, 0.25) is 0 Å². The molecule has 0 saturated carbocycles. The van der Waals surface area contributed by atoms with Crippen LogP contribution in [0.25, 0.3) is 0 Å². The van der Waals surface area contributed by atoms with Crippen LogP contribution in [-0.2, 0) is 6.54 Å². The van der Waals surface area contributed by atoms with E-state index < -0.39 is 5.97 Å². The molecule has 0 radical (unpaired) electrons. The van der Waals surface area contributed by atoms with Crippen molar-refractivity contribution in [2.45, 2.75) is 11.4 Å². The van der Waals surface area contributed by atoms with Gasteiger partial charge in [-0.15, -0.1) is 16.9 Å². The van der Waals surface area contributed by atoms with Gasteiger partial charge in [0.15, 0.2) is 5.69 Å². The maximum atomic E-state index is 10.6. The zero-order valence-electron chi connectivity index (χ0n) is 10.3. The molecule has 0 unspecified atom stereocenters. The summed E-state index contributed by atoms with van der Waals surface area (Å²) >= 11 is 1.67. The summed E-state index contributed by atoms with van der Waals surface area (Å²) in [5, 5.41) is 15.9. The van der Waals surface area contributed by atoms with Crippen molar-refractivity contribution in [3.8, 4) is 5.75 Å². The Morgan fingerprint density at radius 3 is 2.74 bits per heavy atom. The van der Waals surface area contributed by atoms with E-state index >= 15 is 0 Å². The third-order valence-electron chi connectivity index (χ3n) is 2.41. The summed E-state index contributed by atoms with van der Waals surface area (Å²) in [6.07, 6.45) is 3.39. The third kappa shape index (κ3) is 3.72. The number of carbonyl (C=O) groups is 1. The summed E-state index contributed by atoms with van der Waals surface area (Å²) in [7, 11) is 0. The summed E-state index contributed by atoms with van der Waals surface area (Å²) in [5.41, 5.74) is -0.0654. The Morgan fingerprint density at radius 2 is 2.16 bits per heavy atom. The lowest BCUT2D eigenvalue weighted by Gasteiger charge is -2.06. The van der Waals surface area contributed by atoms with Crippen LogP contribution in [0.1, 0.15) is 10.5 Å². The first-order chi connectivity index (χ1) is 9.19. The molecule has 0 amide bonds. The van der Waals surface area contributed by atoms with Crippen molar-refractivity contribution < 1.29 is 14.6 Å². The summed E-state index contributed by atoms with van der Waals surface area (Å²) in [5.74, 6) is -0.309. The summed E-state index contributed by atoms with van der Waals surface area (Å²) in [6, 6.07) is 7.77. The molecule has 2 aromatic rings. The Bertz CT molecular complexity index is 554. The lowest BCUT2D eigenvalue weighted by Crippen LogP contribution is -2.08. The van der Waals surface area contributed by atoms with Gasteiger partial charge in [0.25, 0.3) is 0 Å². The predicted molar refractivity (Wildman–Crippen MR) is 70.7 cm³/mol. The highest BCUT2D eigenvalue weighted by atomic mass is 32.2. The first-order valence-electron chi connectivity index (χ1n) is 5.59. The van der Waals surface area contributed by atoms with Crippen LogP contribution in [0.2, 0.25) is 0 Å². The molecular formula is C12H13N3O3S. The minimum absolute atomic E-state index is 0.0654. The van der Waals surface area contributed by atoms with Gasteiger partial charge in [-0.1, -0.05) is 5.21 Å². The van der Waals surface area contributed by atoms with Gasteiger partial charge in [0.05, 0.1) is 12.7 Å². The largest absolute Gasteiger partial charge is 0.492 e. The number of carboxylic acid groups (broad SMARTS) is 1. The van der Waals surface area contributed by atoms with Crippen LogP contribution in [0.4, 0.5) is 0 Å². The number of carboxylic acids is 1. The number of benzene rings is 1. The van der Waals surface area contributed by atoms with Gasteiger partial charge in [0.1, 0.15) is 12.4 Å². The fourth-order valence-electron chi connectivity index (χ4n) is 1.43. The molecular weight excluding hydrogens is 266 g/mol. The maximum absolute atomic E-state index is 10.6. The first kappa shape index (κ1) is 13.4. The number of nitrogens with zero attached hydrogens (tertiary/aromatic N) is 3. The smallest absolute Gasteiger partial charge is 0.358 e. The molecule has 0 atom stereocenters. The molecule has 1 heterocycles. The number of hydrogen-bond donors (Lipinski definition) is 1. The fraction of sp³-hybridized carbons (Fsp3) is 0.250. The summed E-state index contributed by atoms with van der Waals surface area (Å²) in [6.45, 7) is 0.853. The van der Waals surface area contributed by atoms with E-state index in [9.17, 15) is 4.79 Å². The van der Waals surface area contributed by atoms with Crippen molar-refractivity contribution >= 4 is 17.7 Å². The highest BCUT2D eigenvalue weighted by Crippen LogP contribution is 2.18. The molecule has 7 heteroatoms. The van der Waals surface area contributed by atoms with E-state index in [1.54, 1.807) is 11.8 Å². The first-order valence-corrected chi connectivity index (χ1v) is 6.82. The summed E-state index contributed by atoms with van der Waals surface area (Å²) < 4.78 is 6.98. The number of hydrogen-bond acceptors (Lipinski definition) is 5. The van der Waals surface area contributed by atoms with Crippen LogP contribution in [0, 0.1) is 0 Å². The molecule has 1 aromatic heterocycles. The fourth-order valence-corrected chi connectivity index (χ4v) is 1.84. The van der Waals surface area contributed by atoms with Crippen molar-refractivity contribution in [1.82, 2.24) is 15.0 Å². The Labute approximate surface area is 114 Å². The normalized spacial score (nSPS) is 10.4. The van der Waals surface area contributed by atoms with E-state index in [0.717, 1.165) is 5.75 Å². The maximum Gasteiger partial charge on any atom is 0.358 e. The van der Waals surface area contributed by atoms with Crippen LogP contribution in [0.5, 0.6) is 5.75 Å². The van der Waals surface area contributed by atoms with Gasteiger partial charge in [-0.2, -0.15) is 0 Å². The second kappa shape index (κ2) is 6.24. The number of aromatic carboxylic acids is 1. The van der Waals surface area contributed by atoms with Crippen molar-refractivity contribution in [3.63, 3.8) is 0 Å². The molecule has 0 fully saturated rings. The van der Waals surface area contributed by atoms with Crippen molar-refractivity contribution in [3.05, 3.63) is 36.2 Å². The Hall–Kier alpha value is -2.02. The van der Waals surface area contributed by atoms with Gasteiger partial charge >= 0.3 is 5.97 Å². The van der Waals surface area contributed by atoms with E-state index in [1.165, 1.54) is 15.8 Å². The standard InChI is InChI=1S/C12H13N3O3S/c1-19-10-4-2-9(3-5-10)18-7-6-15-8-11(12(16)17)13-14-15/h2-5,8H,6-7H2,1H3,(H,16,17). The molecule has 1 aromatic carbocycles.